The van der Waals surface area contributed by atoms with E-state index < -0.39 is 17.5 Å². The van der Waals surface area contributed by atoms with Crippen LogP contribution in [0.15, 0.2) is 24.4 Å². The van der Waals surface area contributed by atoms with Crippen LogP contribution in [0.2, 0.25) is 0 Å². The van der Waals surface area contributed by atoms with Gasteiger partial charge in [-0.05, 0) is 31.9 Å². The molecule has 3 rings (SSSR count). The number of piperidine rings is 1. The average molecular weight is 305 g/mol. The van der Waals surface area contributed by atoms with Gasteiger partial charge in [0.2, 0.25) is 0 Å². The number of nitrogens with one attached hydrogen (secondary N) is 1. The molecular formula is C16H17F2N3O. The summed E-state index contributed by atoms with van der Waals surface area (Å²) < 4.78 is 26.7. The third-order valence-corrected chi connectivity index (χ3v) is 3.98. The maximum absolute atomic E-state index is 13.8. The Labute approximate surface area is 127 Å². The molecule has 1 fully saturated rings. The molecule has 22 heavy (non-hydrogen) atoms. The van der Waals surface area contributed by atoms with Crippen molar-refractivity contribution in [2.75, 3.05) is 13.1 Å². The zero-order chi connectivity index (χ0) is 15.7. The van der Waals surface area contributed by atoms with Gasteiger partial charge in [-0.25, -0.2) is 13.8 Å². The lowest BCUT2D eigenvalue weighted by molar-refractivity contribution is 0.0700. The summed E-state index contributed by atoms with van der Waals surface area (Å²) in [7, 11) is 0. The van der Waals surface area contributed by atoms with Crippen molar-refractivity contribution in [2.24, 2.45) is 0 Å². The van der Waals surface area contributed by atoms with Gasteiger partial charge in [0.25, 0.3) is 5.91 Å². The van der Waals surface area contributed by atoms with Gasteiger partial charge in [-0.15, -0.1) is 0 Å². The number of carbonyl (C=O) groups excluding carboxylic acids is 1. The second-order valence-electron chi connectivity index (χ2n) is 5.67. The molecule has 1 aliphatic rings. The van der Waals surface area contributed by atoms with Crippen molar-refractivity contribution in [1.82, 2.24) is 14.9 Å². The van der Waals surface area contributed by atoms with Crippen molar-refractivity contribution in [3.8, 4) is 0 Å². The molecule has 0 aliphatic carbocycles. The lowest BCUT2D eigenvalue weighted by Gasteiger charge is -2.32. The molecule has 0 radical (unpaired) electrons. The molecule has 1 aromatic heterocycles. The minimum atomic E-state index is -0.819. The van der Waals surface area contributed by atoms with Crippen LogP contribution in [-0.2, 0) is 0 Å². The SMILES string of the molecule is Cc1cnc(C2CCCN(C(=O)c3ccc(F)cc3F)C2)[nH]1. The molecule has 1 aliphatic heterocycles. The van der Waals surface area contributed by atoms with Gasteiger partial charge in [-0.1, -0.05) is 0 Å². The Hall–Kier alpha value is -2.24. The van der Waals surface area contributed by atoms with Crippen molar-refractivity contribution in [1.29, 1.82) is 0 Å². The first-order valence-electron chi connectivity index (χ1n) is 7.30. The Morgan fingerprint density at radius 1 is 1.41 bits per heavy atom. The molecule has 1 saturated heterocycles. The molecule has 0 spiro atoms. The fourth-order valence-electron chi connectivity index (χ4n) is 2.86. The Morgan fingerprint density at radius 2 is 2.23 bits per heavy atom. The second kappa shape index (κ2) is 5.87. The zero-order valence-corrected chi connectivity index (χ0v) is 12.3. The lowest BCUT2D eigenvalue weighted by atomic mass is 9.96. The molecule has 1 aromatic carbocycles. The number of amides is 1. The topological polar surface area (TPSA) is 49.0 Å². The summed E-state index contributed by atoms with van der Waals surface area (Å²) in [6, 6.07) is 3.05. The van der Waals surface area contributed by atoms with Crippen LogP contribution < -0.4 is 0 Å². The quantitative estimate of drug-likeness (QED) is 0.927. The molecule has 1 atom stereocenters. The molecular weight excluding hydrogens is 288 g/mol. The largest absolute Gasteiger partial charge is 0.346 e. The Kier molecular flexibility index (Phi) is 3.92. The van der Waals surface area contributed by atoms with Crippen molar-refractivity contribution >= 4 is 5.91 Å². The van der Waals surface area contributed by atoms with Crippen LogP contribution in [0.4, 0.5) is 8.78 Å². The first-order valence-corrected chi connectivity index (χ1v) is 7.30. The molecule has 1 unspecified atom stereocenters. The highest BCUT2D eigenvalue weighted by molar-refractivity contribution is 5.94. The summed E-state index contributed by atoms with van der Waals surface area (Å²) in [5.41, 5.74) is 0.890. The highest BCUT2D eigenvalue weighted by atomic mass is 19.1. The first kappa shape index (κ1) is 14.7. The van der Waals surface area contributed by atoms with E-state index in [0.717, 1.165) is 36.5 Å². The summed E-state index contributed by atoms with van der Waals surface area (Å²) in [6.07, 6.45) is 3.53. The second-order valence-corrected chi connectivity index (χ2v) is 5.67. The molecule has 0 bridgehead atoms. The van der Waals surface area contributed by atoms with E-state index in [1.54, 1.807) is 11.1 Å². The maximum Gasteiger partial charge on any atom is 0.256 e. The van der Waals surface area contributed by atoms with Crippen LogP contribution >= 0.6 is 0 Å². The minimum Gasteiger partial charge on any atom is -0.346 e. The van der Waals surface area contributed by atoms with E-state index in [9.17, 15) is 13.6 Å². The van der Waals surface area contributed by atoms with E-state index in [4.69, 9.17) is 0 Å². The van der Waals surface area contributed by atoms with Crippen LogP contribution in [-0.4, -0.2) is 33.9 Å². The number of rotatable bonds is 2. The monoisotopic (exact) mass is 305 g/mol. The number of carbonyl (C=O) groups is 1. The number of nitrogens with zero attached hydrogens (tertiary/aromatic N) is 2. The van der Waals surface area contributed by atoms with Gasteiger partial charge in [0.05, 0.1) is 5.56 Å². The van der Waals surface area contributed by atoms with Gasteiger partial charge in [0.1, 0.15) is 17.5 Å². The normalized spacial score (nSPS) is 18.5. The summed E-state index contributed by atoms with van der Waals surface area (Å²) >= 11 is 0. The number of halogens is 2. The van der Waals surface area contributed by atoms with E-state index in [2.05, 4.69) is 9.97 Å². The Morgan fingerprint density at radius 3 is 2.91 bits per heavy atom. The fraction of sp³-hybridized carbons (Fsp3) is 0.375. The van der Waals surface area contributed by atoms with E-state index in [1.165, 1.54) is 6.07 Å². The number of hydrogen-bond donors (Lipinski definition) is 1. The van der Waals surface area contributed by atoms with Gasteiger partial charge in [0, 0.05) is 37.0 Å². The number of aromatic nitrogens is 2. The highest BCUT2D eigenvalue weighted by Crippen LogP contribution is 2.26. The number of imidazole rings is 1. The van der Waals surface area contributed by atoms with Crippen LogP contribution in [0.25, 0.3) is 0 Å². The molecule has 2 aromatic rings. The summed E-state index contributed by atoms with van der Waals surface area (Å²) in [6.45, 7) is 2.99. The number of aromatic amines is 1. The Bertz CT molecular complexity index is 698. The fourth-order valence-corrected chi connectivity index (χ4v) is 2.86. The molecule has 116 valence electrons. The first-order chi connectivity index (χ1) is 10.5. The zero-order valence-electron chi connectivity index (χ0n) is 12.3. The third-order valence-electron chi connectivity index (χ3n) is 3.98. The summed E-state index contributed by atoms with van der Waals surface area (Å²) in [4.78, 5) is 21.6. The van der Waals surface area contributed by atoms with E-state index >= 15 is 0 Å². The van der Waals surface area contributed by atoms with Gasteiger partial charge >= 0.3 is 0 Å². The number of likely N-dealkylation sites (tertiary alicyclic amines) is 1. The molecule has 0 saturated carbocycles. The van der Waals surface area contributed by atoms with Gasteiger partial charge in [-0.3, -0.25) is 4.79 Å². The third kappa shape index (κ3) is 2.86. The number of aryl methyl sites for hydroxylation is 1. The average Bonchev–Trinajstić information content (AvgIpc) is 2.93. The molecule has 6 heteroatoms. The van der Waals surface area contributed by atoms with Crippen LogP contribution in [0, 0.1) is 18.6 Å². The molecule has 2 heterocycles. The van der Waals surface area contributed by atoms with E-state index in [0.29, 0.717) is 13.1 Å². The summed E-state index contributed by atoms with van der Waals surface area (Å²) in [5.74, 6) is -0.924. The van der Waals surface area contributed by atoms with E-state index in [-0.39, 0.29) is 11.5 Å². The van der Waals surface area contributed by atoms with Gasteiger partial charge in [0.15, 0.2) is 0 Å². The lowest BCUT2D eigenvalue weighted by Crippen LogP contribution is -2.39. The number of benzene rings is 1. The smallest absolute Gasteiger partial charge is 0.256 e. The van der Waals surface area contributed by atoms with Crippen molar-refractivity contribution < 1.29 is 13.6 Å². The maximum atomic E-state index is 13.8. The van der Waals surface area contributed by atoms with Gasteiger partial charge in [-0.2, -0.15) is 0 Å². The Balaban J connectivity index is 1.78. The van der Waals surface area contributed by atoms with Crippen molar-refractivity contribution in [2.45, 2.75) is 25.7 Å². The number of H-pyrrole nitrogens is 1. The predicted octanol–water partition coefficient (Wildman–Crippen LogP) is 3.02. The summed E-state index contributed by atoms with van der Waals surface area (Å²) in [5, 5.41) is 0. The van der Waals surface area contributed by atoms with Crippen LogP contribution in [0.5, 0.6) is 0 Å². The van der Waals surface area contributed by atoms with Gasteiger partial charge < -0.3 is 9.88 Å². The molecule has 1 N–H and O–H groups in total. The minimum absolute atomic E-state index is 0.0855. The standard InChI is InChI=1S/C16H17F2N3O/c1-10-8-19-15(20-10)11-3-2-6-21(9-11)16(22)13-5-4-12(17)7-14(13)18/h4-5,7-8,11H,2-3,6,9H2,1H3,(H,19,20). The van der Waals surface area contributed by atoms with Crippen LogP contribution in [0.3, 0.4) is 0 Å². The highest BCUT2D eigenvalue weighted by Gasteiger charge is 2.28. The van der Waals surface area contributed by atoms with Crippen LogP contribution in [0.1, 0.15) is 40.6 Å². The predicted molar refractivity (Wildman–Crippen MR) is 77.6 cm³/mol. The number of hydrogen-bond acceptors (Lipinski definition) is 2. The van der Waals surface area contributed by atoms with Crippen molar-refractivity contribution in [3.63, 3.8) is 0 Å². The van der Waals surface area contributed by atoms with Crippen molar-refractivity contribution in [3.05, 3.63) is 53.1 Å². The van der Waals surface area contributed by atoms with E-state index in [1.807, 2.05) is 6.92 Å². The molecule has 4 nitrogen and oxygen atoms in total. The molecule has 1 amide bonds.